The van der Waals surface area contributed by atoms with Crippen LogP contribution in [0, 0.1) is 0 Å². The van der Waals surface area contributed by atoms with Crippen molar-refractivity contribution in [1.29, 1.82) is 0 Å². The van der Waals surface area contributed by atoms with Crippen LogP contribution in [0.25, 0.3) is 32.6 Å². The van der Waals surface area contributed by atoms with Crippen LogP contribution in [0.2, 0.25) is 0 Å². The monoisotopic (exact) mass is 465 g/mol. The zero-order valence-corrected chi connectivity index (χ0v) is 19.5. The van der Waals surface area contributed by atoms with Crippen LogP contribution in [-0.2, 0) is 6.42 Å². The van der Waals surface area contributed by atoms with E-state index in [1.54, 1.807) is 23.5 Å². The predicted molar refractivity (Wildman–Crippen MR) is 134 cm³/mol. The van der Waals surface area contributed by atoms with Gasteiger partial charge in [-0.25, -0.2) is 15.0 Å². The van der Waals surface area contributed by atoms with Crippen molar-refractivity contribution in [3.8, 4) is 17.1 Å². The molecule has 0 unspecified atom stereocenters. The lowest BCUT2D eigenvalue weighted by Gasteiger charge is -2.11. The number of fused-ring (bicyclic) bond motifs is 2. The first kappa shape index (κ1) is 22.0. The molecule has 164 valence electrons. The van der Waals surface area contributed by atoms with Crippen LogP contribution < -0.4 is 5.32 Å². The van der Waals surface area contributed by atoms with Gasteiger partial charge in [0.15, 0.2) is 17.3 Å². The molecule has 0 radical (unpaired) electrons. The van der Waals surface area contributed by atoms with E-state index in [9.17, 15) is 5.11 Å². The fourth-order valence-electron chi connectivity index (χ4n) is 3.68. The van der Waals surface area contributed by atoms with Gasteiger partial charge in [0, 0.05) is 33.6 Å². The number of nitrogens with one attached hydrogen (secondary N) is 1. The van der Waals surface area contributed by atoms with Crippen LogP contribution in [0.3, 0.4) is 0 Å². The van der Waals surface area contributed by atoms with E-state index in [-0.39, 0.29) is 24.2 Å². The van der Waals surface area contributed by atoms with Crippen LogP contribution in [-0.4, -0.2) is 31.2 Å². The molecule has 5 rings (SSSR count). The van der Waals surface area contributed by atoms with Gasteiger partial charge in [-0.3, -0.25) is 0 Å². The molecule has 0 spiro atoms. The molecule has 0 bridgehead atoms. The molecule has 5 aromatic rings. The largest absolute Gasteiger partial charge is 0.508 e. The van der Waals surface area contributed by atoms with Crippen LogP contribution in [0.4, 0.5) is 5.82 Å². The van der Waals surface area contributed by atoms with E-state index in [4.69, 9.17) is 9.97 Å². The lowest BCUT2D eigenvalue weighted by Crippen LogP contribution is -2.09. The number of rotatable bonds is 6. The van der Waals surface area contributed by atoms with Crippen LogP contribution in [0.15, 0.2) is 60.2 Å². The molecule has 2 aromatic carbocycles. The molecule has 3 heterocycles. The fourth-order valence-corrected chi connectivity index (χ4v) is 4.62. The highest BCUT2D eigenvalue weighted by molar-refractivity contribution is 7.17. The van der Waals surface area contributed by atoms with Crippen molar-refractivity contribution in [3.05, 3.63) is 65.8 Å². The van der Waals surface area contributed by atoms with Gasteiger partial charge in [-0.2, -0.15) is 0 Å². The maximum Gasteiger partial charge on any atom is 0.166 e. The minimum atomic E-state index is 0. The molecular formula is C24H24ClN5OS. The van der Waals surface area contributed by atoms with Crippen molar-refractivity contribution in [3.63, 3.8) is 0 Å². The Hall–Kier alpha value is -3.16. The van der Waals surface area contributed by atoms with Gasteiger partial charge in [-0.15, -0.1) is 23.7 Å². The maximum atomic E-state index is 9.48. The molecule has 32 heavy (non-hydrogen) atoms. The summed E-state index contributed by atoms with van der Waals surface area (Å²) in [6.07, 6.45) is 2.65. The Bertz CT molecular complexity index is 1360. The third kappa shape index (κ3) is 4.13. The average Bonchev–Trinajstić information content (AvgIpc) is 3.39. The zero-order chi connectivity index (χ0) is 21.4. The summed E-state index contributed by atoms with van der Waals surface area (Å²) in [6, 6.07) is 15.9. The number of halogens is 1. The van der Waals surface area contributed by atoms with Gasteiger partial charge >= 0.3 is 0 Å². The van der Waals surface area contributed by atoms with E-state index in [1.807, 2.05) is 24.5 Å². The molecule has 2 N–H and O–H groups in total. The minimum absolute atomic E-state index is 0. The normalized spacial score (nSPS) is 11.2. The van der Waals surface area contributed by atoms with Gasteiger partial charge in [-0.05, 0) is 44.0 Å². The Morgan fingerprint density at radius 1 is 1.06 bits per heavy atom. The second kappa shape index (κ2) is 9.14. The first-order valence-corrected chi connectivity index (χ1v) is 11.2. The highest BCUT2D eigenvalue weighted by atomic mass is 35.5. The van der Waals surface area contributed by atoms with E-state index in [2.05, 4.69) is 52.3 Å². The third-order valence-electron chi connectivity index (χ3n) is 5.34. The quantitative estimate of drug-likeness (QED) is 0.318. The molecule has 8 heteroatoms. The number of hydrogen-bond acceptors (Lipinski definition) is 6. The number of hydrogen-bond donors (Lipinski definition) is 2. The number of benzene rings is 2. The molecule has 0 saturated carbocycles. The molecule has 0 aliphatic carbocycles. The standard InChI is InChI=1S/C24H23N5OS.ClH/c1-15(2)29-14-26-21-23(25-12-11-16-7-9-17(30)10-8-16)27-22(28-24(21)29)19-13-31-20-6-4-3-5-18(19)20;/h3-10,13-15,30H,11-12H2,1-2H3,(H,25,27,28);1H. The molecule has 0 fully saturated rings. The smallest absolute Gasteiger partial charge is 0.166 e. The lowest BCUT2D eigenvalue weighted by atomic mass is 10.1. The first-order chi connectivity index (χ1) is 15.1. The van der Waals surface area contributed by atoms with Crippen molar-refractivity contribution in [2.24, 2.45) is 0 Å². The Morgan fingerprint density at radius 2 is 1.84 bits per heavy atom. The zero-order valence-electron chi connectivity index (χ0n) is 17.8. The number of phenolic OH excluding ortho intramolecular Hbond substituents is 1. The maximum absolute atomic E-state index is 9.48. The van der Waals surface area contributed by atoms with Gasteiger partial charge in [0.2, 0.25) is 0 Å². The number of aromatic hydroxyl groups is 1. The molecule has 6 nitrogen and oxygen atoms in total. The lowest BCUT2D eigenvalue weighted by molar-refractivity contribution is 0.475. The number of thiophene rings is 1. The number of aromatic nitrogens is 4. The Labute approximate surface area is 196 Å². The summed E-state index contributed by atoms with van der Waals surface area (Å²) < 4.78 is 3.31. The highest BCUT2D eigenvalue weighted by Gasteiger charge is 2.17. The van der Waals surface area contributed by atoms with Crippen LogP contribution in [0.1, 0.15) is 25.5 Å². The summed E-state index contributed by atoms with van der Waals surface area (Å²) in [5.74, 6) is 1.73. The number of nitrogens with zero attached hydrogens (tertiary/aromatic N) is 4. The van der Waals surface area contributed by atoms with Crippen molar-refractivity contribution >= 4 is 50.8 Å². The Morgan fingerprint density at radius 3 is 2.62 bits per heavy atom. The second-order valence-corrected chi connectivity index (χ2v) is 8.71. The number of imidazole rings is 1. The highest BCUT2D eigenvalue weighted by Crippen LogP contribution is 2.34. The molecule has 3 aromatic heterocycles. The molecular weight excluding hydrogens is 442 g/mol. The van der Waals surface area contributed by atoms with Gasteiger partial charge in [0.25, 0.3) is 0 Å². The summed E-state index contributed by atoms with van der Waals surface area (Å²) in [6.45, 7) is 4.96. The van der Waals surface area contributed by atoms with E-state index >= 15 is 0 Å². The Balaban J connectivity index is 0.00000245. The summed E-state index contributed by atoms with van der Waals surface area (Å²) in [5.41, 5.74) is 3.80. The third-order valence-corrected chi connectivity index (χ3v) is 6.31. The summed E-state index contributed by atoms with van der Waals surface area (Å²) >= 11 is 1.71. The van der Waals surface area contributed by atoms with Gasteiger partial charge in [0.05, 0.1) is 6.33 Å². The summed E-state index contributed by atoms with van der Waals surface area (Å²) in [7, 11) is 0. The van der Waals surface area contributed by atoms with E-state index in [0.29, 0.717) is 12.4 Å². The topological polar surface area (TPSA) is 75.9 Å². The van der Waals surface area contributed by atoms with Crippen molar-refractivity contribution in [2.75, 3.05) is 11.9 Å². The van der Waals surface area contributed by atoms with Crippen molar-refractivity contribution in [1.82, 2.24) is 19.5 Å². The Kier molecular flexibility index (Phi) is 6.30. The molecule has 0 saturated heterocycles. The summed E-state index contributed by atoms with van der Waals surface area (Å²) in [5, 5.41) is 16.2. The van der Waals surface area contributed by atoms with Crippen molar-refractivity contribution < 1.29 is 5.11 Å². The second-order valence-electron chi connectivity index (χ2n) is 7.80. The van der Waals surface area contributed by atoms with Crippen LogP contribution in [0.5, 0.6) is 5.75 Å². The van der Waals surface area contributed by atoms with Crippen molar-refractivity contribution in [2.45, 2.75) is 26.3 Å². The summed E-state index contributed by atoms with van der Waals surface area (Å²) in [4.78, 5) is 14.4. The van der Waals surface area contributed by atoms with Gasteiger partial charge < -0.3 is 15.0 Å². The first-order valence-electron chi connectivity index (χ1n) is 10.3. The average molecular weight is 466 g/mol. The number of anilines is 1. The molecule has 0 atom stereocenters. The predicted octanol–water partition coefficient (Wildman–Crippen LogP) is 6.07. The van der Waals surface area contributed by atoms with E-state index in [0.717, 1.165) is 39.9 Å². The SMILES string of the molecule is CC(C)n1cnc2c(NCCc3ccc(O)cc3)nc(-c3csc4ccccc34)nc21.Cl. The number of phenols is 1. The van der Waals surface area contributed by atoms with Gasteiger partial charge in [-0.1, -0.05) is 30.3 Å². The minimum Gasteiger partial charge on any atom is -0.508 e. The molecule has 0 aliphatic heterocycles. The van der Waals surface area contributed by atoms with Gasteiger partial charge in [0.1, 0.15) is 11.3 Å². The molecule has 0 aliphatic rings. The fraction of sp³-hybridized carbons (Fsp3) is 0.208. The van der Waals surface area contributed by atoms with E-state index in [1.165, 1.54) is 4.70 Å². The van der Waals surface area contributed by atoms with E-state index < -0.39 is 0 Å². The molecule has 0 amide bonds. The van der Waals surface area contributed by atoms with Crippen LogP contribution >= 0.6 is 23.7 Å².